The molecule has 346 valence electrons. The number of fused-ring (bicyclic) bond motifs is 1. The number of carbonyl (C=O) groups is 4. The Morgan fingerprint density at radius 3 is 2.53 bits per heavy atom. The van der Waals surface area contributed by atoms with Gasteiger partial charge in [-0.05, 0) is 124 Å². The molecule has 3 amide bonds. The van der Waals surface area contributed by atoms with Crippen molar-refractivity contribution in [1.29, 1.82) is 0 Å². The highest BCUT2D eigenvalue weighted by Crippen LogP contribution is 2.42. The third-order valence-corrected chi connectivity index (χ3v) is 12.9. The van der Waals surface area contributed by atoms with Crippen molar-refractivity contribution in [3.8, 4) is 28.1 Å². The summed E-state index contributed by atoms with van der Waals surface area (Å²) in [5.41, 5.74) is 9.97. The first-order valence-electron chi connectivity index (χ1n) is 22.9. The SMILES string of the molecule is CCn1c(-c2cccnc2[C@H](C)OC)c(CC(C)(C)COC=O)c2cc(-c3cc(O)cc(C[C@H](NC(=O)C(C(C)C)N(C)C(=O)[C@H]4CCCNC4)C(=O)N4CCC[C@@H](C)N4)c3)ccc21. The fourth-order valence-electron chi connectivity index (χ4n) is 9.64. The van der Waals surface area contributed by atoms with Crippen LogP contribution in [0.1, 0.15) is 97.1 Å². The number of rotatable bonds is 18. The number of aromatic nitrogens is 2. The van der Waals surface area contributed by atoms with E-state index in [4.69, 9.17) is 14.5 Å². The Morgan fingerprint density at radius 2 is 1.86 bits per heavy atom. The van der Waals surface area contributed by atoms with Gasteiger partial charge in [-0.15, -0.1) is 0 Å². The van der Waals surface area contributed by atoms with Gasteiger partial charge in [0.1, 0.15) is 17.8 Å². The number of likely N-dealkylation sites (N-methyl/N-ethyl adjacent to an activating group) is 1. The quantitative estimate of drug-likeness (QED) is 0.0804. The van der Waals surface area contributed by atoms with Crippen molar-refractivity contribution in [1.82, 2.24) is 35.5 Å². The van der Waals surface area contributed by atoms with Crippen LogP contribution in [0.15, 0.2) is 54.7 Å². The van der Waals surface area contributed by atoms with E-state index < -0.39 is 23.4 Å². The maximum absolute atomic E-state index is 14.5. The molecule has 0 aliphatic carbocycles. The Bertz CT molecular complexity index is 2280. The van der Waals surface area contributed by atoms with Gasteiger partial charge in [-0.3, -0.25) is 29.2 Å². The van der Waals surface area contributed by atoms with Crippen molar-refractivity contribution in [2.24, 2.45) is 17.3 Å². The molecule has 14 heteroatoms. The van der Waals surface area contributed by atoms with Crippen molar-refractivity contribution in [2.75, 3.05) is 40.4 Å². The molecule has 2 aliphatic rings. The Balaban J connectivity index is 1.40. The van der Waals surface area contributed by atoms with Crippen molar-refractivity contribution >= 4 is 35.1 Å². The molecule has 2 aliphatic heterocycles. The van der Waals surface area contributed by atoms with E-state index in [0.29, 0.717) is 38.1 Å². The molecule has 0 bridgehead atoms. The second-order valence-electron chi connectivity index (χ2n) is 18.9. The minimum atomic E-state index is -0.990. The number of benzene rings is 2. The normalized spacial score (nSPS) is 18.4. The molecule has 4 heterocycles. The van der Waals surface area contributed by atoms with E-state index in [1.165, 1.54) is 0 Å². The van der Waals surface area contributed by atoms with Crippen molar-refractivity contribution in [2.45, 2.75) is 118 Å². The predicted molar refractivity (Wildman–Crippen MR) is 249 cm³/mol. The number of nitrogens with zero attached hydrogens (tertiary/aromatic N) is 4. The summed E-state index contributed by atoms with van der Waals surface area (Å²) in [7, 11) is 3.36. The van der Waals surface area contributed by atoms with Crippen LogP contribution in [0.2, 0.25) is 0 Å². The van der Waals surface area contributed by atoms with Gasteiger partial charge in [0.05, 0.1) is 30.0 Å². The number of hydrogen-bond donors (Lipinski definition) is 4. The first-order valence-corrected chi connectivity index (χ1v) is 22.9. The highest BCUT2D eigenvalue weighted by molar-refractivity contribution is 5.96. The van der Waals surface area contributed by atoms with Crippen LogP contribution in [0.3, 0.4) is 0 Å². The molecule has 0 spiro atoms. The molecule has 2 aromatic heterocycles. The lowest BCUT2D eigenvalue weighted by Crippen LogP contribution is -2.61. The van der Waals surface area contributed by atoms with E-state index in [9.17, 15) is 24.3 Å². The zero-order chi connectivity index (χ0) is 46.3. The fraction of sp³-hybridized carbons (Fsp3) is 0.540. The van der Waals surface area contributed by atoms with Gasteiger partial charge >= 0.3 is 0 Å². The van der Waals surface area contributed by atoms with Crippen LogP contribution in [-0.2, 0) is 48.0 Å². The summed E-state index contributed by atoms with van der Waals surface area (Å²) in [6.45, 7) is 17.4. The summed E-state index contributed by atoms with van der Waals surface area (Å²) in [5, 5.41) is 20.3. The van der Waals surface area contributed by atoms with Crippen LogP contribution in [0.5, 0.6) is 5.75 Å². The molecule has 1 unspecified atom stereocenters. The monoisotopic (exact) mass is 880 g/mol. The van der Waals surface area contributed by atoms with E-state index in [1.807, 2.05) is 45.9 Å². The Labute approximate surface area is 378 Å². The minimum absolute atomic E-state index is 0.0223. The number of pyridine rings is 1. The molecule has 2 aromatic carbocycles. The average molecular weight is 880 g/mol. The summed E-state index contributed by atoms with van der Waals surface area (Å²) < 4.78 is 13.4. The zero-order valence-electron chi connectivity index (χ0n) is 39.2. The number of piperidine rings is 1. The number of aromatic hydroxyl groups is 1. The number of ether oxygens (including phenoxy) is 2. The molecule has 0 radical (unpaired) electrons. The first-order chi connectivity index (χ1) is 30.6. The van der Waals surface area contributed by atoms with Crippen LogP contribution in [0, 0.1) is 17.3 Å². The molecule has 2 fully saturated rings. The highest BCUT2D eigenvalue weighted by atomic mass is 16.5. The van der Waals surface area contributed by atoms with Crippen LogP contribution >= 0.6 is 0 Å². The lowest BCUT2D eigenvalue weighted by molar-refractivity contribution is -0.146. The van der Waals surface area contributed by atoms with E-state index in [1.54, 1.807) is 42.4 Å². The lowest BCUT2D eigenvalue weighted by atomic mass is 9.84. The third-order valence-electron chi connectivity index (χ3n) is 12.9. The van der Waals surface area contributed by atoms with Gasteiger partial charge in [-0.1, -0.05) is 39.8 Å². The molecule has 6 rings (SSSR count). The average Bonchev–Trinajstić information content (AvgIpc) is 3.58. The number of phenols is 1. The van der Waals surface area contributed by atoms with E-state index >= 15 is 0 Å². The predicted octanol–water partition coefficient (Wildman–Crippen LogP) is 6.57. The molecule has 2 saturated heterocycles. The van der Waals surface area contributed by atoms with E-state index in [0.717, 1.165) is 76.8 Å². The summed E-state index contributed by atoms with van der Waals surface area (Å²) in [6.07, 6.45) is 5.57. The van der Waals surface area contributed by atoms with E-state index in [-0.39, 0.29) is 54.6 Å². The number of nitrogens with one attached hydrogen (secondary N) is 3. The van der Waals surface area contributed by atoms with Gasteiger partial charge in [0.25, 0.3) is 12.4 Å². The molecule has 4 N–H and O–H groups in total. The third kappa shape index (κ3) is 11.0. The Hall–Kier alpha value is -5.31. The summed E-state index contributed by atoms with van der Waals surface area (Å²) in [6, 6.07) is 13.9. The lowest BCUT2D eigenvalue weighted by Gasteiger charge is -2.37. The molecular formula is C50H69N7O7. The highest BCUT2D eigenvalue weighted by Gasteiger charge is 2.37. The fourth-order valence-corrected chi connectivity index (χ4v) is 9.64. The Morgan fingerprint density at radius 1 is 1.08 bits per heavy atom. The molecule has 5 atom stereocenters. The minimum Gasteiger partial charge on any atom is -0.508 e. The first kappa shape index (κ1) is 48.2. The number of amides is 3. The second-order valence-corrected chi connectivity index (χ2v) is 18.9. The van der Waals surface area contributed by atoms with Crippen LogP contribution in [-0.4, -0.2) is 107 Å². The smallest absolute Gasteiger partial charge is 0.293 e. The number of methoxy groups -OCH3 is 1. The standard InChI is InChI=1S/C50H69N7O7/c1-10-56-43-18-17-35(26-40(43)41(27-50(6,7)29-64-30-58)46(56)39-16-12-20-52-44(39)33(5)63-9)37-22-34(23-38(59)25-37)24-42(49(62)57-21-13-14-32(4)54-57)53-47(60)45(31(2)3)55(8)48(61)36-15-11-19-51-28-36/h12,16-18,20,22-23,25-26,30-33,36,42,45,51,54,59H,10-11,13-15,19,21,24,27-29H2,1-9H3,(H,53,60)/t32-,33+,36+,42+,45?/m1/s1. The van der Waals surface area contributed by atoms with Gasteiger partial charge in [0.15, 0.2) is 0 Å². The van der Waals surface area contributed by atoms with Gasteiger partial charge in [-0.25, -0.2) is 5.43 Å². The maximum atomic E-state index is 14.5. The second kappa shape index (κ2) is 21.1. The van der Waals surface area contributed by atoms with Gasteiger partial charge in [0, 0.05) is 74.3 Å². The van der Waals surface area contributed by atoms with Crippen LogP contribution < -0.4 is 16.1 Å². The van der Waals surface area contributed by atoms with Gasteiger partial charge in [-0.2, -0.15) is 0 Å². The number of carbonyl (C=O) groups excluding carboxylic acids is 4. The van der Waals surface area contributed by atoms with Crippen LogP contribution in [0.4, 0.5) is 0 Å². The summed E-state index contributed by atoms with van der Waals surface area (Å²) in [4.78, 5) is 60.2. The molecule has 64 heavy (non-hydrogen) atoms. The topological polar surface area (TPSA) is 167 Å². The van der Waals surface area contributed by atoms with Crippen molar-refractivity contribution in [3.63, 3.8) is 0 Å². The number of hydrogen-bond acceptors (Lipinski definition) is 10. The summed E-state index contributed by atoms with van der Waals surface area (Å²) >= 11 is 0. The van der Waals surface area contributed by atoms with E-state index in [2.05, 4.69) is 59.6 Å². The summed E-state index contributed by atoms with van der Waals surface area (Å²) in [5.74, 6) is -1.18. The molecule has 0 saturated carbocycles. The molecule has 14 nitrogen and oxygen atoms in total. The van der Waals surface area contributed by atoms with Gasteiger partial charge < -0.3 is 34.7 Å². The van der Waals surface area contributed by atoms with Crippen molar-refractivity contribution < 1.29 is 33.8 Å². The number of aryl methyl sites for hydroxylation is 1. The van der Waals surface area contributed by atoms with Gasteiger partial charge in [0.2, 0.25) is 11.8 Å². The van der Waals surface area contributed by atoms with Crippen LogP contribution in [0.25, 0.3) is 33.3 Å². The molecular weight excluding hydrogens is 811 g/mol. The number of phenolic OH excluding ortho intramolecular Hbond substituents is 1. The largest absolute Gasteiger partial charge is 0.508 e. The van der Waals surface area contributed by atoms with Crippen molar-refractivity contribution in [3.05, 3.63) is 71.5 Å². The molecule has 4 aromatic rings. The number of hydrazine groups is 1. The Kier molecular flexibility index (Phi) is 15.9. The zero-order valence-corrected chi connectivity index (χ0v) is 39.2. The maximum Gasteiger partial charge on any atom is 0.293 e.